The van der Waals surface area contributed by atoms with E-state index < -0.39 is 24.0 Å². The average Bonchev–Trinajstić information content (AvgIpc) is 2.45. The van der Waals surface area contributed by atoms with E-state index in [4.69, 9.17) is 16.2 Å². The molecule has 4 N–H and O–H groups in total. The Balaban J connectivity index is 2.43. The molecule has 1 aromatic rings. The van der Waals surface area contributed by atoms with Gasteiger partial charge in [0, 0.05) is 0 Å². The molecule has 0 aromatic heterocycles. The summed E-state index contributed by atoms with van der Waals surface area (Å²) in [4.78, 5) is 23.3. The van der Waals surface area contributed by atoms with Crippen molar-refractivity contribution in [1.29, 1.82) is 0 Å². The molecule has 2 atom stereocenters. The van der Waals surface area contributed by atoms with Crippen LogP contribution in [0, 0.1) is 0 Å². The van der Waals surface area contributed by atoms with Crippen molar-refractivity contribution in [3.63, 3.8) is 0 Å². The molecule has 1 rings (SSSR count). The number of carbonyl (C=O) groups is 2. The Morgan fingerprint density at radius 3 is 2.35 bits per heavy atom. The normalized spacial score (nSPS) is 13.6. The molecule has 0 saturated carbocycles. The molecule has 0 aliphatic carbocycles. The monoisotopic (exact) mass is 296 g/mol. The minimum absolute atomic E-state index is 0.326. The predicted molar refractivity (Wildman–Crippen MR) is 80.2 cm³/mol. The van der Waals surface area contributed by atoms with Gasteiger partial charge in [-0.05, 0) is 30.4 Å². The van der Waals surface area contributed by atoms with Crippen molar-refractivity contribution in [2.24, 2.45) is 11.5 Å². The minimum Gasteiger partial charge on any atom is -0.391 e. The fourth-order valence-electron chi connectivity index (χ4n) is 1.56. The van der Waals surface area contributed by atoms with Crippen molar-refractivity contribution in [3.8, 4) is 0 Å². The van der Waals surface area contributed by atoms with Crippen LogP contribution in [-0.2, 0) is 20.7 Å². The number of nitrogens with two attached hydrogens (primary N) is 2. The maximum Gasteiger partial charge on any atom is 0.330 e. The van der Waals surface area contributed by atoms with Crippen LogP contribution in [0.5, 0.6) is 0 Å². The number of hydrogen-bond donors (Lipinski definition) is 2. The fraction of sp³-hybridized carbons (Fsp3) is 0.429. The largest absolute Gasteiger partial charge is 0.391 e. The second-order valence-corrected chi connectivity index (χ2v) is 5.41. The topological polar surface area (TPSA) is 95.4 Å². The molecule has 0 aliphatic heterocycles. The molecule has 0 unspecified atom stereocenters. The molecule has 6 heteroatoms. The summed E-state index contributed by atoms with van der Waals surface area (Å²) in [5.74, 6) is -0.716. The van der Waals surface area contributed by atoms with E-state index >= 15 is 0 Å². The first-order valence-electron chi connectivity index (χ1n) is 6.34. The Kier molecular flexibility index (Phi) is 7.28. The summed E-state index contributed by atoms with van der Waals surface area (Å²) < 4.78 is 4.71. The Morgan fingerprint density at radius 1 is 1.15 bits per heavy atom. The van der Waals surface area contributed by atoms with Gasteiger partial charge >= 0.3 is 11.9 Å². The number of ether oxygens (including phenoxy) is 1. The van der Waals surface area contributed by atoms with Crippen LogP contribution in [0.1, 0.15) is 12.0 Å². The zero-order valence-corrected chi connectivity index (χ0v) is 12.3. The van der Waals surface area contributed by atoms with Crippen LogP contribution >= 0.6 is 11.8 Å². The van der Waals surface area contributed by atoms with E-state index in [-0.39, 0.29) is 0 Å². The molecule has 0 saturated heterocycles. The lowest BCUT2D eigenvalue weighted by Crippen LogP contribution is -2.40. The summed E-state index contributed by atoms with van der Waals surface area (Å²) in [7, 11) is 0. The molecule has 1 aromatic carbocycles. The lowest BCUT2D eigenvalue weighted by atomic mass is 10.1. The zero-order chi connectivity index (χ0) is 15.0. The third-order valence-corrected chi connectivity index (χ3v) is 3.38. The van der Waals surface area contributed by atoms with Crippen LogP contribution in [0.25, 0.3) is 0 Å². The van der Waals surface area contributed by atoms with Crippen LogP contribution in [0.3, 0.4) is 0 Å². The van der Waals surface area contributed by atoms with Gasteiger partial charge in [0.05, 0.1) is 0 Å². The van der Waals surface area contributed by atoms with Gasteiger partial charge in [-0.1, -0.05) is 30.3 Å². The number of benzene rings is 1. The van der Waals surface area contributed by atoms with Crippen LogP contribution in [-0.4, -0.2) is 36.0 Å². The van der Waals surface area contributed by atoms with Gasteiger partial charge < -0.3 is 16.2 Å². The van der Waals surface area contributed by atoms with Gasteiger partial charge in [0.1, 0.15) is 12.1 Å². The molecule has 110 valence electrons. The van der Waals surface area contributed by atoms with E-state index in [1.54, 1.807) is 11.8 Å². The average molecular weight is 296 g/mol. The highest BCUT2D eigenvalue weighted by Gasteiger charge is 2.23. The third-order valence-electron chi connectivity index (χ3n) is 2.74. The SMILES string of the molecule is CSCC[C@H](N)C(=O)OC(=O)[C@@H](N)Cc1ccccc1. The molecule has 0 aliphatic rings. The minimum atomic E-state index is -0.867. The standard InChI is InChI=1S/C14H20N2O3S/c1-20-8-7-11(15)13(17)19-14(18)12(16)9-10-5-3-2-4-6-10/h2-6,11-12H,7-9,15-16H2,1H3/t11-,12-/m0/s1. The molecular formula is C14H20N2O3S. The predicted octanol–water partition coefficient (Wildman–Crippen LogP) is 0.707. The maximum atomic E-state index is 11.7. The molecule has 0 amide bonds. The number of hydrogen-bond acceptors (Lipinski definition) is 6. The second-order valence-electron chi connectivity index (χ2n) is 4.42. The highest BCUT2D eigenvalue weighted by Crippen LogP contribution is 2.05. The highest BCUT2D eigenvalue weighted by atomic mass is 32.2. The van der Waals surface area contributed by atoms with Crippen LogP contribution in [0.2, 0.25) is 0 Å². The van der Waals surface area contributed by atoms with Gasteiger partial charge in [0.15, 0.2) is 0 Å². The van der Waals surface area contributed by atoms with Gasteiger partial charge in [-0.25, -0.2) is 9.59 Å². The Morgan fingerprint density at radius 2 is 1.75 bits per heavy atom. The summed E-state index contributed by atoms with van der Waals surface area (Å²) >= 11 is 1.58. The first kappa shape index (κ1) is 16.7. The lowest BCUT2D eigenvalue weighted by Gasteiger charge is -2.13. The van der Waals surface area contributed by atoms with E-state index in [1.165, 1.54) is 0 Å². The highest BCUT2D eigenvalue weighted by molar-refractivity contribution is 7.98. The van der Waals surface area contributed by atoms with Gasteiger partial charge in [-0.2, -0.15) is 11.8 Å². The summed E-state index contributed by atoms with van der Waals surface area (Å²) in [6.07, 6.45) is 2.72. The van der Waals surface area contributed by atoms with E-state index in [2.05, 4.69) is 0 Å². The van der Waals surface area contributed by atoms with Crippen LogP contribution in [0.4, 0.5) is 0 Å². The summed E-state index contributed by atoms with van der Waals surface area (Å²) in [5, 5.41) is 0. The quantitative estimate of drug-likeness (QED) is 0.568. The summed E-state index contributed by atoms with van der Waals surface area (Å²) in [5.41, 5.74) is 12.3. The maximum absolute atomic E-state index is 11.7. The van der Waals surface area contributed by atoms with Crippen LogP contribution in [0.15, 0.2) is 30.3 Å². The molecule has 0 fully saturated rings. The van der Waals surface area contributed by atoms with Gasteiger partial charge in [0.2, 0.25) is 0 Å². The Hall–Kier alpha value is -1.37. The molecule has 0 radical (unpaired) electrons. The number of esters is 2. The van der Waals surface area contributed by atoms with Crippen molar-refractivity contribution in [2.75, 3.05) is 12.0 Å². The van der Waals surface area contributed by atoms with E-state index in [0.717, 1.165) is 11.3 Å². The van der Waals surface area contributed by atoms with Crippen molar-refractivity contribution in [1.82, 2.24) is 0 Å². The van der Waals surface area contributed by atoms with Gasteiger partial charge in [0.25, 0.3) is 0 Å². The molecular weight excluding hydrogens is 276 g/mol. The molecule has 20 heavy (non-hydrogen) atoms. The second kappa shape index (κ2) is 8.73. The third kappa shape index (κ3) is 5.73. The summed E-state index contributed by atoms with van der Waals surface area (Å²) in [6.45, 7) is 0. The number of rotatable bonds is 7. The Bertz CT molecular complexity index is 439. The fourth-order valence-corrected chi connectivity index (χ4v) is 2.05. The number of carbonyl (C=O) groups excluding carboxylic acids is 2. The number of thioether (sulfide) groups is 1. The Labute approximate surface area is 123 Å². The van der Waals surface area contributed by atoms with Gasteiger partial charge in [-0.3, -0.25) is 0 Å². The smallest absolute Gasteiger partial charge is 0.330 e. The molecule has 5 nitrogen and oxygen atoms in total. The molecule has 0 spiro atoms. The van der Waals surface area contributed by atoms with Gasteiger partial charge in [-0.15, -0.1) is 0 Å². The van der Waals surface area contributed by atoms with E-state index in [1.807, 2.05) is 36.6 Å². The van der Waals surface area contributed by atoms with Crippen molar-refractivity contribution < 1.29 is 14.3 Å². The van der Waals surface area contributed by atoms with Crippen molar-refractivity contribution in [3.05, 3.63) is 35.9 Å². The lowest BCUT2D eigenvalue weighted by molar-refractivity contribution is -0.161. The summed E-state index contributed by atoms with van der Waals surface area (Å²) in [6, 6.07) is 7.66. The van der Waals surface area contributed by atoms with Crippen molar-refractivity contribution >= 4 is 23.7 Å². The molecule has 0 heterocycles. The van der Waals surface area contributed by atoms with E-state index in [9.17, 15) is 9.59 Å². The van der Waals surface area contributed by atoms with Crippen molar-refractivity contribution in [2.45, 2.75) is 24.9 Å². The van der Waals surface area contributed by atoms with Crippen LogP contribution < -0.4 is 11.5 Å². The molecule has 0 bridgehead atoms. The first-order valence-corrected chi connectivity index (χ1v) is 7.73. The zero-order valence-electron chi connectivity index (χ0n) is 11.5. The van der Waals surface area contributed by atoms with E-state index in [0.29, 0.717) is 12.8 Å². The first-order chi connectivity index (χ1) is 9.54.